The Morgan fingerprint density at radius 1 is 1.23 bits per heavy atom. The van der Waals surface area contributed by atoms with Gasteiger partial charge < -0.3 is 9.84 Å². The smallest absolute Gasteiger partial charge is 0.411 e. The Morgan fingerprint density at radius 3 is 2.32 bits per heavy atom. The molecule has 0 aromatic heterocycles. The minimum atomic E-state index is -0.995. The van der Waals surface area contributed by atoms with Gasteiger partial charge in [0.05, 0.1) is 6.04 Å². The van der Waals surface area contributed by atoms with Crippen LogP contribution in [0.2, 0.25) is 0 Å². The van der Waals surface area contributed by atoms with Crippen LogP contribution in [0.3, 0.4) is 0 Å². The molecule has 1 amide bonds. The third-order valence-corrected chi connectivity index (χ3v) is 4.06. The number of rotatable bonds is 2. The standard InChI is InChI=1S/C16H20BrNO4/c1-16(2,3)22-15(21)18-12(8-9-13(18)14(19)20)10-4-6-11(17)7-5-10/h4-7,12-13H,8-9H2,1-3H3,(H,19,20)/t12-,13-/m0/s1. The van der Waals surface area contributed by atoms with Gasteiger partial charge in [0.25, 0.3) is 0 Å². The maximum Gasteiger partial charge on any atom is 0.411 e. The van der Waals surface area contributed by atoms with Gasteiger partial charge in [0.1, 0.15) is 11.6 Å². The number of aliphatic carboxylic acids is 1. The van der Waals surface area contributed by atoms with Crippen LogP contribution in [0.1, 0.15) is 45.2 Å². The van der Waals surface area contributed by atoms with Gasteiger partial charge in [-0.3, -0.25) is 4.90 Å². The molecule has 2 atom stereocenters. The zero-order valence-electron chi connectivity index (χ0n) is 12.9. The van der Waals surface area contributed by atoms with Crippen molar-refractivity contribution < 1.29 is 19.4 Å². The minimum Gasteiger partial charge on any atom is -0.480 e. The van der Waals surface area contributed by atoms with E-state index in [9.17, 15) is 14.7 Å². The lowest BCUT2D eigenvalue weighted by atomic mass is 10.1. The number of carbonyl (C=O) groups is 2. The highest BCUT2D eigenvalue weighted by molar-refractivity contribution is 9.10. The molecule has 6 heteroatoms. The van der Waals surface area contributed by atoms with E-state index in [4.69, 9.17) is 4.74 Å². The van der Waals surface area contributed by atoms with Crippen molar-refractivity contribution in [1.82, 2.24) is 4.90 Å². The summed E-state index contributed by atoms with van der Waals surface area (Å²) in [7, 11) is 0. The summed E-state index contributed by atoms with van der Waals surface area (Å²) in [5.74, 6) is -0.995. The number of hydrogen-bond acceptors (Lipinski definition) is 3. The first-order chi connectivity index (χ1) is 10.2. The van der Waals surface area contributed by atoms with Crippen LogP contribution in [-0.2, 0) is 9.53 Å². The van der Waals surface area contributed by atoms with Crippen molar-refractivity contribution in [3.8, 4) is 0 Å². The second-order valence-electron chi connectivity index (χ2n) is 6.39. The third kappa shape index (κ3) is 3.80. The quantitative estimate of drug-likeness (QED) is 0.855. The normalized spacial score (nSPS) is 21.7. The predicted molar refractivity (Wildman–Crippen MR) is 85.6 cm³/mol. The van der Waals surface area contributed by atoms with E-state index in [-0.39, 0.29) is 6.04 Å². The van der Waals surface area contributed by atoms with Crippen molar-refractivity contribution in [3.63, 3.8) is 0 Å². The van der Waals surface area contributed by atoms with Crippen LogP contribution in [0, 0.1) is 0 Å². The molecule has 120 valence electrons. The molecular formula is C16H20BrNO4. The fraction of sp³-hybridized carbons (Fsp3) is 0.500. The maximum atomic E-state index is 12.5. The second-order valence-corrected chi connectivity index (χ2v) is 7.30. The van der Waals surface area contributed by atoms with E-state index < -0.39 is 23.7 Å². The molecule has 0 bridgehead atoms. The minimum absolute atomic E-state index is 0.274. The Bertz CT molecular complexity index is 565. The van der Waals surface area contributed by atoms with Gasteiger partial charge in [-0.2, -0.15) is 0 Å². The van der Waals surface area contributed by atoms with Crippen molar-refractivity contribution in [1.29, 1.82) is 0 Å². The lowest BCUT2D eigenvalue weighted by Gasteiger charge is -2.31. The van der Waals surface area contributed by atoms with Crippen molar-refractivity contribution in [2.24, 2.45) is 0 Å². The molecule has 2 rings (SSSR count). The van der Waals surface area contributed by atoms with Crippen molar-refractivity contribution >= 4 is 28.0 Å². The molecular weight excluding hydrogens is 350 g/mol. The zero-order valence-corrected chi connectivity index (χ0v) is 14.5. The van der Waals surface area contributed by atoms with Gasteiger partial charge in [-0.25, -0.2) is 9.59 Å². The Morgan fingerprint density at radius 2 is 1.82 bits per heavy atom. The monoisotopic (exact) mass is 369 g/mol. The molecule has 1 aromatic carbocycles. The van der Waals surface area contributed by atoms with Gasteiger partial charge in [-0.1, -0.05) is 28.1 Å². The molecule has 1 N–H and O–H groups in total. The molecule has 0 unspecified atom stereocenters. The molecule has 22 heavy (non-hydrogen) atoms. The van der Waals surface area contributed by atoms with Crippen LogP contribution in [0.15, 0.2) is 28.7 Å². The van der Waals surface area contributed by atoms with Crippen LogP contribution in [0.4, 0.5) is 4.79 Å². The number of hydrogen-bond donors (Lipinski definition) is 1. The summed E-state index contributed by atoms with van der Waals surface area (Å²) in [5.41, 5.74) is 0.255. The van der Waals surface area contributed by atoms with Gasteiger partial charge >= 0.3 is 12.1 Å². The summed E-state index contributed by atoms with van der Waals surface area (Å²) < 4.78 is 6.33. The summed E-state index contributed by atoms with van der Waals surface area (Å²) >= 11 is 3.37. The summed E-state index contributed by atoms with van der Waals surface area (Å²) in [6, 6.07) is 6.45. The molecule has 0 aliphatic carbocycles. The Kier molecular flexibility index (Phi) is 4.80. The number of halogens is 1. The Hall–Kier alpha value is -1.56. The van der Waals surface area contributed by atoms with E-state index in [1.807, 2.05) is 24.3 Å². The first kappa shape index (κ1) is 16.8. The van der Waals surface area contributed by atoms with Crippen molar-refractivity contribution in [2.75, 3.05) is 0 Å². The number of carboxylic acid groups (broad SMARTS) is 1. The molecule has 1 aliphatic heterocycles. The zero-order chi connectivity index (χ0) is 16.5. The Balaban J connectivity index is 2.30. The van der Waals surface area contributed by atoms with E-state index in [1.54, 1.807) is 20.8 Å². The number of benzene rings is 1. The van der Waals surface area contributed by atoms with E-state index >= 15 is 0 Å². The molecule has 1 aliphatic rings. The van der Waals surface area contributed by atoms with Gasteiger partial charge in [0, 0.05) is 4.47 Å². The highest BCUT2D eigenvalue weighted by Crippen LogP contribution is 2.37. The Labute approximate surface area is 138 Å². The fourth-order valence-electron chi connectivity index (χ4n) is 2.63. The topological polar surface area (TPSA) is 66.8 Å². The molecule has 1 aromatic rings. The first-order valence-corrected chi connectivity index (χ1v) is 7.98. The summed E-state index contributed by atoms with van der Waals surface area (Å²) in [6.07, 6.45) is 0.456. The summed E-state index contributed by atoms with van der Waals surface area (Å²) in [6.45, 7) is 5.31. The second kappa shape index (κ2) is 6.28. The largest absolute Gasteiger partial charge is 0.480 e. The van der Waals surface area contributed by atoms with E-state index in [0.29, 0.717) is 12.8 Å². The molecule has 5 nitrogen and oxygen atoms in total. The van der Waals surface area contributed by atoms with Gasteiger partial charge in [-0.05, 0) is 51.3 Å². The third-order valence-electron chi connectivity index (χ3n) is 3.53. The van der Waals surface area contributed by atoms with E-state index in [2.05, 4.69) is 15.9 Å². The van der Waals surface area contributed by atoms with Crippen LogP contribution in [-0.4, -0.2) is 33.7 Å². The summed E-state index contributed by atoms with van der Waals surface area (Å²) in [4.78, 5) is 25.3. The molecule has 1 saturated heterocycles. The first-order valence-electron chi connectivity index (χ1n) is 7.18. The van der Waals surface area contributed by atoms with Crippen LogP contribution < -0.4 is 0 Å². The SMILES string of the molecule is CC(C)(C)OC(=O)N1[C@H](C(=O)O)CC[C@H]1c1ccc(Br)cc1. The lowest BCUT2D eigenvalue weighted by Crippen LogP contribution is -2.44. The van der Waals surface area contributed by atoms with Crippen LogP contribution >= 0.6 is 15.9 Å². The number of nitrogens with zero attached hydrogens (tertiary/aromatic N) is 1. The number of carboxylic acids is 1. The molecule has 1 heterocycles. The van der Waals surface area contributed by atoms with Crippen molar-refractivity contribution in [3.05, 3.63) is 34.3 Å². The van der Waals surface area contributed by atoms with Crippen LogP contribution in [0.5, 0.6) is 0 Å². The van der Waals surface area contributed by atoms with Gasteiger partial charge in [-0.15, -0.1) is 0 Å². The average molecular weight is 370 g/mol. The summed E-state index contributed by atoms with van der Waals surface area (Å²) in [5, 5.41) is 9.38. The highest BCUT2D eigenvalue weighted by atomic mass is 79.9. The predicted octanol–water partition coefficient (Wildman–Crippen LogP) is 3.97. The molecule has 1 fully saturated rings. The highest BCUT2D eigenvalue weighted by Gasteiger charge is 2.43. The number of likely N-dealkylation sites (tertiary alicyclic amines) is 1. The lowest BCUT2D eigenvalue weighted by molar-refractivity contribution is -0.142. The maximum absolute atomic E-state index is 12.5. The molecule has 0 radical (unpaired) electrons. The number of amides is 1. The van der Waals surface area contributed by atoms with Gasteiger partial charge in [0.15, 0.2) is 0 Å². The van der Waals surface area contributed by atoms with E-state index in [0.717, 1.165) is 10.0 Å². The van der Waals surface area contributed by atoms with Crippen LogP contribution in [0.25, 0.3) is 0 Å². The molecule has 0 spiro atoms. The number of ether oxygens (including phenoxy) is 1. The van der Waals surface area contributed by atoms with Gasteiger partial charge in [0.2, 0.25) is 0 Å². The number of carbonyl (C=O) groups excluding carboxylic acids is 1. The van der Waals surface area contributed by atoms with E-state index in [1.165, 1.54) is 4.90 Å². The average Bonchev–Trinajstić information content (AvgIpc) is 2.82. The fourth-order valence-corrected chi connectivity index (χ4v) is 2.90. The molecule has 0 saturated carbocycles. The van der Waals surface area contributed by atoms with Crippen molar-refractivity contribution in [2.45, 2.75) is 51.3 Å².